The largest absolute Gasteiger partial charge is 0.483 e. The van der Waals surface area contributed by atoms with Crippen molar-refractivity contribution in [3.8, 4) is 5.75 Å². The number of ether oxygens (including phenoxy) is 1. The first-order valence-electron chi connectivity index (χ1n) is 7.59. The zero-order valence-corrected chi connectivity index (χ0v) is 13.7. The molecule has 1 N–H and O–H groups in total. The van der Waals surface area contributed by atoms with Gasteiger partial charge < -0.3 is 10.1 Å². The number of anilines is 1. The molecule has 0 aromatic heterocycles. The zero-order chi connectivity index (χ0) is 16.1. The highest BCUT2D eigenvalue weighted by molar-refractivity contribution is 5.93. The number of nitrogens with one attached hydrogen (secondary N) is 1. The molecule has 0 radical (unpaired) electrons. The Bertz CT molecular complexity index is 654. The van der Waals surface area contributed by atoms with Crippen molar-refractivity contribution in [1.82, 2.24) is 0 Å². The van der Waals surface area contributed by atoms with Crippen LogP contribution in [0.15, 0.2) is 36.4 Å². The Morgan fingerprint density at radius 3 is 2.36 bits per heavy atom. The Morgan fingerprint density at radius 2 is 1.73 bits per heavy atom. The van der Waals surface area contributed by atoms with Crippen LogP contribution >= 0.6 is 0 Å². The normalized spacial score (nSPS) is 10.4. The highest BCUT2D eigenvalue weighted by atomic mass is 16.5. The van der Waals surface area contributed by atoms with E-state index in [0.717, 1.165) is 34.5 Å². The topological polar surface area (TPSA) is 38.3 Å². The van der Waals surface area contributed by atoms with Crippen LogP contribution in [0, 0.1) is 20.8 Å². The molecule has 3 nitrogen and oxygen atoms in total. The van der Waals surface area contributed by atoms with Crippen LogP contribution in [-0.2, 0) is 11.2 Å². The molecule has 22 heavy (non-hydrogen) atoms. The molecular formula is C19H23NO2. The summed E-state index contributed by atoms with van der Waals surface area (Å²) >= 11 is 0. The number of rotatable bonds is 5. The zero-order valence-electron chi connectivity index (χ0n) is 13.7. The lowest BCUT2D eigenvalue weighted by atomic mass is 10.1. The molecule has 0 heterocycles. The molecule has 0 spiro atoms. The van der Waals surface area contributed by atoms with Crippen LogP contribution < -0.4 is 10.1 Å². The van der Waals surface area contributed by atoms with Crippen LogP contribution in [0.1, 0.15) is 29.2 Å². The fourth-order valence-corrected chi connectivity index (χ4v) is 2.63. The fraction of sp³-hybridized carbons (Fsp3) is 0.316. The van der Waals surface area contributed by atoms with Crippen molar-refractivity contribution < 1.29 is 9.53 Å². The highest BCUT2D eigenvalue weighted by Gasteiger charge is 2.10. The van der Waals surface area contributed by atoms with E-state index in [1.807, 2.05) is 38.1 Å². The molecule has 2 aromatic carbocycles. The lowest BCUT2D eigenvalue weighted by Crippen LogP contribution is -2.21. The monoisotopic (exact) mass is 297 g/mol. The summed E-state index contributed by atoms with van der Waals surface area (Å²) in [5, 5.41) is 2.95. The summed E-state index contributed by atoms with van der Waals surface area (Å²) in [5.41, 5.74) is 5.32. The van der Waals surface area contributed by atoms with Gasteiger partial charge in [-0.25, -0.2) is 0 Å². The van der Waals surface area contributed by atoms with E-state index in [4.69, 9.17) is 4.74 Å². The van der Waals surface area contributed by atoms with Crippen molar-refractivity contribution in [2.75, 3.05) is 11.9 Å². The molecule has 0 aliphatic heterocycles. The number of carbonyl (C=O) groups is 1. The van der Waals surface area contributed by atoms with Crippen molar-refractivity contribution >= 4 is 11.6 Å². The van der Waals surface area contributed by atoms with Crippen molar-refractivity contribution in [3.05, 3.63) is 58.7 Å². The fourth-order valence-electron chi connectivity index (χ4n) is 2.63. The van der Waals surface area contributed by atoms with Gasteiger partial charge in [-0.3, -0.25) is 4.79 Å². The molecule has 0 bridgehead atoms. The average Bonchev–Trinajstić information content (AvgIpc) is 2.49. The standard InChI is InChI=1S/C19H23NO2/c1-5-16-8-6-7-9-17(16)22-12-18(21)20-19-14(3)10-13(2)11-15(19)4/h6-11H,5,12H2,1-4H3,(H,20,21). The Hall–Kier alpha value is -2.29. The number of aryl methyl sites for hydroxylation is 4. The van der Waals surface area contributed by atoms with Gasteiger partial charge in [0.05, 0.1) is 0 Å². The molecule has 2 rings (SSSR count). The molecule has 0 unspecified atom stereocenters. The third-order valence-corrected chi connectivity index (χ3v) is 3.65. The Kier molecular flexibility index (Phi) is 5.21. The third-order valence-electron chi connectivity index (χ3n) is 3.65. The second-order valence-electron chi connectivity index (χ2n) is 5.57. The van der Waals surface area contributed by atoms with E-state index in [1.165, 1.54) is 5.56 Å². The van der Waals surface area contributed by atoms with Crippen LogP contribution in [0.4, 0.5) is 5.69 Å². The summed E-state index contributed by atoms with van der Waals surface area (Å²) in [4.78, 5) is 12.1. The Morgan fingerprint density at radius 1 is 1.09 bits per heavy atom. The van der Waals surface area contributed by atoms with Crippen LogP contribution in [0.3, 0.4) is 0 Å². The Labute approximate surface area is 132 Å². The van der Waals surface area contributed by atoms with Gasteiger partial charge in [-0.15, -0.1) is 0 Å². The van der Waals surface area contributed by atoms with Crippen molar-refractivity contribution in [2.24, 2.45) is 0 Å². The first kappa shape index (κ1) is 16.1. The van der Waals surface area contributed by atoms with E-state index in [2.05, 4.69) is 31.3 Å². The minimum absolute atomic E-state index is 0.0176. The van der Waals surface area contributed by atoms with Crippen LogP contribution in [0.2, 0.25) is 0 Å². The second kappa shape index (κ2) is 7.12. The van der Waals surface area contributed by atoms with Crippen molar-refractivity contribution in [1.29, 1.82) is 0 Å². The summed E-state index contributed by atoms with van der Waals surface area (Å²) in [7, 11) is 0. The van der Waals surface area contributed by atoms with Crippen LogP contribution in [-0.4, -0.2) is 12.5 Å². The molecule has 0 aliphatic carbocycles. The van der Waals surface area contributed by atoms with Gasteiger partial charge in [-0.1, -0.05) is 42.8 Å². The van der Waals surface area contributed by atoms with E-state index < -0.39 is 0 Å². The summed E-state index contributed by atoms with van der Waals surface area (Å²) in [6, 6.07) is 11.9. The van der Waals surface area contributed by atoms with E-state index in [-0.39, 0.29) is 12.5 Å². The summed E-state index contributed by atoms with van der Waals surface area (Å²) in [5.74, 6) is 0.637. The van der Waals surface area contributed by atoms with Crippen molar-refractivity contribution in [2.45, 2.75) is 34.1 Å². The van der Waals surface area contributed by atoms with Gasteiger partial charge in [0.15, 0.2) is 6.61 Å². The molecule has 2 aromatic rings. The number of para-hydroxylation sites is 1. The highest BCUT2D eigenvalue weighted by Crippen LogP contribution is 2.22. The predicted octanol–water partition coefficient (Wildman–Crippen LogP) is 4.19. The minimum atomic E-state index is -0.138. The summed E-state index contributed by atoms with van der Waals surface area (Å²) < 4.78 is 5.65. The molecule has 0 atom stereocenters. The molecule has 3 heteroatoms. The Balaban J connectivity index is 2.02. The maximum Gasteiger partial charge on any atom is 0.262 e. The van der Waals surface area contributed by atoms with Crippen LogP contribution in [0.25, 0.3) is 0 Å². The first-order valence-corrected chi connectivity index (χ1v) is 7.59. The third kappa shape index (κ3) is 3.88. The van der Waals surface area contributed by atoms with E-state index in [9.17, 15) is 4.79 Å². The lowest BCUT2D eigenvalue weighted by molar-refractivity contribution is -0.118. The van der Waals surface area contributed by atoms with Gasteiger partial charge in [-0.2, -0.15) is 0 Å². The summed E-state index contributed by atoms with van der Waals surface area (Å²) in [6.07, 6.45) is 0.883. The van der Waals surface area contributed by atoms with Crippen molar-refractivity contribution in [3.63, 3.8) is 0 Å². The van der Waals surface area contributed by atoms with Gasteiger partial charge in [0.2, 0.25) is 0 Å². The predicted molar refractivity (Wildman–Crippen MR) is 90.6 cm³/mol. The van der Waals surface area contributed by atoms with Gasteiger partial charge in [0.25, 0.3) is 5.91 Å². The number of hydrogen-bond acceptors (Lipinski definition) is 2. The van der Waals surface area contributed by atoms with Gasteiger partial charge in [-0.05, 0) is 49.9 Å². The van der Waals surface area contributed by atoms with Gasteiger partial charge in [0.1, 0.15) is 5.75 Å². The van der Waals surface area contributed by atoms with E-state index in [1.54, 1.807) is 0 Å². The molecule has 0 aliphatic rings. The molecule has 0 saturated heterocycles. The molecule has 1 amide bonds. The van der Waals surface area contributed by atoms with Gasteiger partial charge >= 0.3 is 0 Å². The molecule has 116 valence electrons. The average molecular weight is 297 g/mol. The molecular weight excluding hydrogens is 274 g/mol. The number of benzene rings is 2. The van der Waals surface area contributed by atoms with Crippen LogP contribution in [0.5, 0.6) is 5.75 Å². The maximum absolute atomic E-state index is 12.1. The first-order chi connectivity index (χ1) is 10.5. The number of carbonyl (C=O) groups excluding carboxylic acids is 1. The van der Waals surface area contributed by atoms with E-state index >= 15 is 0 Å². The van der Waals surface area contributed by atoms with Gasteiger partial charge in [0, 0.05) is 5.69 Å². The molecule has 0 fully saturated rings. The lowest BCUT2D eigenvalue weighted by Gasteiger charge is -2.14. The smallest absolute Gasteiger partial charge is 0.262 e. The maximum atomic E-state index is 12.1. The minimum Gasteiger partial charge on any atom is -0.483 e. The second-order valence-corrected chi connectivity index (χ2v) is 5.57. The number of amides is 1. The quantitative estimate of drug-likeness (QED) is 0.898. The number of hydrogen-bond donors (Lipinski definition) is 1. The SMILES string of the molecule is CCc1ccccc1OCC(=O)Nc1c(C)cc(C)cc1C. The van der Waals surface area contributed by atoms with E-state index in [0.29, 0.717) is 0 Å². The molecule has 0 saturated carbocycles. The summed E-state index contributed by atoms with van der Waals surface area (Å²) in [6.45, 7) is 8.15.